The van der Waals surface area contributed by atoms with E-state index in [4.69, 9.17) is 0 Å². The molecule has 0 saturated carbocycles. The van der Waals surface area contributed by atoms with Gasteiger partial charge < -0.3 is 16.0 Å². The molecular weight excluding hydrogens is 331 g/mol. The van der Waals surface area contributed by atoms with Gasteiger partial charge in [0.1, 0.15) is 0 Å². The zero-order valence-electron chi connectivity index (χ0n) is 14.2. The topological polar surface area (TPSA) is 53.2 Å². The van der Waals surface area contributed by atoms with Crippen LogP contribution in [0.15, 0.2) is 42.5 Å². The summed E-state index contributed by atoms with van der Waals surface area (Å²) in [5.41, 5.74) is 1.70. The zero-order valence-corrected chi connectivity index (χ0v) is 14.2. The van der Waals surface area contributed by atoms with Gasteiger partial charge in [0.2, 0.25) is 0 Å². The van der Waals surface area contributed by atoms with Crippen molar-refractivity contribution in [3.05, 3.63) is 53.6 Å². The summed E-state index contributed by atoms with van der Waals surface area (Å²) in [7, 11) is 0. The Balaban J connectivity index is 2.08. The maximum Gasteiger partial charge on any atom is 0.416 e. The Morgan fingerprint density at radius 1 is 1.00 bits per heavy atom. The molecule has 0 aliphatic heterocycles. The molecular formula is C18H20F3N3O. The number of anilines is 3. The molecule has 3 N–H and O–H groups in total. The van der Waals surface area contributed by atoms with E-state index in [9.17, 15) is 18.0 Å². The van der Waals surface area contributed by atoms with Crippen LogP contribution in [0.5, 0.6) is 0 Å². The van der Waals surface area contributed by atoms with Crippen LogP contribution in [-0.2, 0) is 6.18 Å². The predicted octanol–water partition coefficient (Wildman–Crippen LogP) is 5.48. The number of nitrogens with one attached hydrogen (secondary N) is 3. The predicted molar refractivity (Wildman–Crippen MR) is 94.0 cm³/mol. The van der Waals surface area contributed by atoms with E-state index in [1.165, 1.54) is 12.1 Å². The lowest BCUT2D eigenvalue weighted by atomic mass is 10.1. The summed E-state index contributed by atoms with van der Waals surface area (Å²) in [6, 6.07) is 9.46. The third-order valence-electron chi connectivity index (χ3n) is 3.39. The molecule has 0 fully saturated rings. The average Bonchev–Trinajstić information content (AvgIpc) is 2.49. The summed E-state index contributed by atoms with van der Waals surface area (Å²) in [4.78, 5) is 12.0. The number of hydrogen-bond acceptors (Lipinski definition) is 2. The molecule has 0 saturated heterocycles. The fourth-order valence-electron chi connectivity index (χ4n) is 2.23. The van der Waals surface area contributed by atoms with Crippen LogP contribution in [0, 0.1) is 6.92 Å². The van der Waals surface area contributed by atoms with Gasteiger partial charge in [-0.05, 0) is 56.7 Å². The van der Waals surface area contributed by atoms with E-state index in [-0.39, 0.29) is 11.7 Å². The Hall–Kier alpha value is -2.70. The molecule has 0 bridgehead atoms. The van der Waals surface area contributed by atoms with Crippen LogP contribution < -0.4 is 16.0 Å². The Bertz CT molecular complexity index is 757. The van der Waals surface area contributed by atoms with Crippen molar-refractivity contribution in [2.75, 3.05) is 16.0 Å². The van der Waals surface area contributed by atoms with Crippen LogP contribution >= 0.6 is 0 Å². The van der Waals surface area contributed by atoms with Gasteiger partial charge in [-0.25, -0.2) is 4.79 Å². The Kier molecular flexibility index (Phi) is 5.56. The zero-order chi connectivity index (χ0) is 18.6. The van der Waals surface area contributed by atoms with E-state index >= 15 is 0 Å². The minimum atomic E-state index is -4.46. The summed E-state index contributed by atoms with van der Waals surface area (Å²) in [6.45, 7) is 5.94. The summed E-state index contributed by atoms with van der Waals surface area (Å²) < 4.78 is 38.1. The van der Waals surface area contributed by atoms with E-state index in [0.717, 1.165) is 23.4 Å². The number of rotatable bonds is 4. The largest absolute Gasteiger partial charge is 0.416 e. The normalized spacial score (nSPS) is 11.3. The molecule has 0 aliphatic carbocycles. The number of carbonyl (C=O) groups is 1. The summed E-state index contributed by atoms with van der Waals surface area (Å²) in [6.07, 6.45) is -4.46. The molecule has 25 heavy (non-hydrogen) atoms. The first-order valence-corrected chi connectivity index (χ1v) is 7.77. The molecule has 2 amide bonds. The molecule has 7 heteroatoms. The maximum absolute atomic E-state index is 12.7. The second-order valence-corrected chi connectivity index (χ2v) is 5.99. The summed E-state index contributed by atoms with van der Waals surface area (Å²) in [5.74, 6) is 0. The van der Waals surface area contributed by atoms with Gasteiger partial charge in [-0.3, -0.25) is 0 Å². The number of amides is 2. The van der Waals surface area contributed by atoms with Crippen molar-refractivity contribution in [3.63, 3.8) is 0 Å². The van der Waals surface area contributed by atoms with E-state index in [1.807, 2.05) is 26.8 Å². The lowest BCUT2D eigenvalue weighted by molar-refractivity contribution is -0.137. The maximum atomic E-state index is 12.7. The van der Waals surface area contributed by atoms with Gasteiger partial charge in [-0.15, -0.1) is 0 Å². The first kappa shape index (κ1) is 18.6. The fourth-order valence-corrected chi connectivity index (χ4v) is 2.23. The molecule has 0 aliphatic rings. The van der Waals surface area contributed by atoms with Crippen molar-refractivity contribution in [3.8, 4) is 0 Å². The van der Waals surface area contributed by atoms with Gasteiger partial charge in [0.25, 0.3) is 0 Å². The van der Waals surface area contributed by atoms with Crippen LogP contribution in [-0.4, -0.2) is 12.1 Å². The first-order chi connectivity index (χ1) is 11.6. The number of aryl methyl sites for hydroxylation is 1. The lowest BCUT2D eigenvalue weighted by Gasteiger charge is -2.15. The van der Waals surface area contributed by atoms with E-state index in [2.05, 4.69) is 16.0 Å². The van der Waals surface area contributed by atoms with Gasteiger partial charge in [-0.1, -0.05) is 12.1 Å². The molecule has 4 nitrogen and oxygen atoms in total. The van der Waals surface area contributed by atoms with Gasteiger partial charge in [0, 0.05) is 23.1 Å². The van der Waals surface area contributed by atoms with Gasteiger partial charge in [0.15, 0.2) is 0 Å². The molecule has 0 aromatic heterocycles. The minimum Gasteiger partial charge on any atom is -0.383 e. The second kappa shape index (κ2) is 7.46. The highest BCUT2D eigenvalue weighted by Gasteiger charge is 2.30. The third-order valence-corrected chi connectivity index (χ3v) is 3.39. The Morgan fingerprint density at radius 2 is 1.64 bits per heavy atom. The standard InChI is InChI=1S/C18H20F3N3O/c1-11(2)22-16-10-15(8-7-12(16)3)24-17(25)23-14-6-4-5-13(9-14)18(19,20)21/h4-11,22H,1-3H3,(H2,23,24,25). The quantitative estimate of drug-likeness (QED) is 0.683. The number of alkyl halides is 3. The third kappa shape index (κ3) is 5.41. The van der Waals surface area contributed by atoms with Crippen molar-refractivity contribution in [2.24, 2.45) is 0 Å². The van der Waals surface area contributed by atoms with Gasteiger partial charge >= 0.3 is 12.2 Å². The Morgan fingerprint density at radius 3 is 2.24 bits per heavy atom. The molecule has 0 spiro atoms. The molecule has 134 valence electrons. The van der Waals surface area contributed by atoms with Gasteiger partial charge in [-0.2, -0.15) is 13.2 Å². The van der Waals surface area contributed by atoms with Crippen LogP contribution in [0.4, 0.5) is 35.0 Å². The molecule has 0 unspecified atom stereocenters. The SMILES string of the molecule is Cc1ccc(NC(=O)Nc2cccc(C(F)(F)F)c2)cc1NC(C)C. The number of urea groups is 1. The molecule has 2 rings (SSSR count). The van der Waals surface area contributed by atoms with E-state index < -0.39 is 17.8 Å². The van der Waals surface area contributed by atoms with Crippen molar-refractivity contribution in [1.29, 1.82) is 0 Å². The molecule has 0 atom stereocenters. The van der Waals surface area contributed by atoms with Crippen LogP contribution in [0.2, 0.25) is 0 Å². The molecule has 0 heterocycles. The van der Waals surface area contributed by atoms with Crippen LogP contribution in [0.25, 0.3) is 0 Å². The first-order valence-electron chi connectivity index (χ1n) is 7.77. The molecule has 0 radical (unpaired) electrons. The number of benzene rings is 2. The summed E-state index contributed by atoms with van der Waals surface area (Å²) >= 11 is 0. The number of halogens is 3. The lowest BCUT2D eigenvalue weighted by Crippen LogP contribution is -2.20. The smallest absolute Gasteiger partial charge is 0.383 e. The molecule has 2 aromatic carbocycles. The highest BCUT2D eigenvalue weighted by Crippen LogP contribution is 2.30. The fraction of sp³-hybridized carbons (Fsp3) is 0.278. The monoisotopic (exact) mass is 351 g/mol. The number of carbonyl (C=O) groups excluding carboxylic acids is 1. The van der Waals surface area contributed by atoms with Crippen molar-refractivity contribution >= 4 is 23.1 Å². The van der Waals surface area contributed by atoms with Crippen molar-refractivity contribution < 1.29 is 18.0 Å². The van der Waals surface area contributed by atoms with Crippen LogP contribution in [0.1, 0.15) is 25.0 Å². The highest BCUT2D eigenvalue weighted by atomic mass is 19.4. The Labute approximate surface area is 144 Å². The van der Waals surface area contributed by atoms with Crippen molar-refractivity contribution in [2.45, 2.75) is 33.0 Å². The van der Waals surface area contributed by atoms with Crippen LogP contribution in [0.3, 0.4) is 0 Å². The number of hydrogen-bond donors (Lipinski definition) is 3. The van der Waals surface area contributed by atoms with Gasteiger partial charge in [0.05, 0.1) is 5.56 Å². The average molecular weight is 351 g/mol. The molecule has 2 aromatic rings. The minimum absolute atomic E-state index is 0.0694. The summed E-state index contributed by atoms with van der Waals surface area (Å²) in [5, 5.41) is 8.29. The highest BCUT2D eigenvalue weighted by molar-refractivity contribution is 6.00. The second-order valence-electron chi connectivity index (χ2n) is 5.99. The van der Waals surface area contributed by atoms with E-state index in [1.54, 1.807) is 12.1 Å². The van der Waals surface area contributed by atoms with Crippen molar-refractivity contribution in [1.82, 2.24) is 0 Å². The van der Waals surface area contributed by atoms with E-state index in [0.29, 0.717) is 5.69 Å².